The molecular weight excluding hydrogens is 210 g/mol. The van der Waals surface area contributed by atoms with Gasteiger partial charge in [-0.1, -0.05) is 0 Å². The van der Waals surface area contributed by atoms with Crippen LogP contribution in [0.15, 0.2) is 17.7 Å². The molecule has 0 aliphatic rings. The van der Waals surface area contributed by atoms with Crippen molar-refractivity contribution in [1.82, 2.24) is 19.9 Å². The molecule has 0 atom stereocenters. The Labute approximate surface area is 91.2 Å². The van der Waals surface area contributed by atoms with Gasteiger partial charge in [-0.15, -0.1) is 11.8 Å². The van der Waals surface area contributed by atoms with Crippen LogP contribution in [0, 0.1) is 6.57 Å². The van der Waals surface area contributed by atoms with Crippen LogP contribution in [0.4, 0.5) is 0 Å². The van der Waals surface area contributed by atoms with Crippen molar-refractivity contribution in [1.29, 1.82) is 0 Å². The number of thioether (sulfide) groups is 1. The van der Waals surface area contributed by atoms with Crippen LogP contribution in [0.25, 0.3) is 16.0 Å². The minimum atomic E-state index is 0.574. The van der Waals surface area contributed by atoms with Gasteiger partial charge in [0.2, 0.25) is 6.54 Å². The van der Waals surface area contributed by atoms with E-state index in [9.17, 15) is 0 Å². The third-order valence-electron chi connectivity index (χ3n) is 1.84. The molecule has 15 heavy (non-hydrogen) atoms. The third-order valence-corrected chi connectivity index (χ3v) is 2.92. The second kappa shape index (κ2) is 4.75. The molecule has 0 aliphatic carbocycles. The van der Waals surface area contributed by atoms with Crippen LogP contribution in [0.3, 0.4) is 0 Å². The van der Waals surface area contributed by atoms with Gasteiger partial charge in [-0.2, -0.15) is 0 Å². The number of aromatic nitrogens is 4. The van der Waals surface area contributed by atoms with Gasteiger partial charge in [-0.05, 0) is 0 Å². The van der Waals surface area contributed by atoms with E-state index in [0.717, 1.165) is 22.7 Å². The molecule has 0 fully saturated rings. The molecule has 2 aromatic rings. The fraction of sp³-hybridized carbons (Fsp3) is 0.333. The van der Waals surface area contributed by atoms with Crippen molar-refractivity contribution in [2.24, 2.45) is 0 Å². The number of hydrogen-bond donors (Lipinski definition) is 1. The molecule has 0 aliphatic heterocycles. The first-order chi connectivity index (χ1) is 7.42. The zero-order valence-corrected chi connectivity index (χ0v) is 8.79. The fourth-order valence-corrected chi connectivity index (χ4v) is 2.05. The fourth-order valence-electron chi connectivity index (χ4n) is 1.16. The van der Waals surface area contributed by atoms with Crippen LogP contribution in [0.2, 0.25) is 0 Å². The largest absolute Gasteiger partial charge is 0.341 e. The lowest BCUT2D eigenvalue weighted by molar-refractivity contribution is 1.03. The summed E-state index contributed by atoms with van der Waals surface area (Å²) in [5.74, 6) is 0.896. The molecular formula is C9H9N5S. The standard InChI is InChI=1S/C9H9N5S/c1-10-3-2-4-15-9-7-8(12-5-11-7)13-6-14-9/h5-6H,2-4H2,(H,11,12,13,14). The van der Waals surface area contributed by atoms with Crippen molar-refractivity contribution < 1.29 is 0 Å². The molecule has 76 valence electrons. The number of imidazole rings is 1. The maximum atomic E-state index is 6.67. The second-order valence-electron chi connectivity index (χ2n) is 2.86. The molecule has 2 rings (SSSR count). The van der Waals surface area contributed by atoms with Gasteiger partial charge < -0.3 is 9.83 Å². The van der Waals surface area contributed by atoms with Gasteiger partial charge in [-0.3, -0.25) is 0 Å². The van der Waals surface area contributed by atoms with Gasteiger partial charge in [0.15, 0.2) is 5.65 Å². The van der Waals surface area contributed by atoms with Gasteiger partial charge in [0.05, 0.1) is 6.33 Å². The van der Waals surface area contributed by atoms with Gasteiger partial charge in [0.25, 0.3) is 0 Å². The summed E-state index contributed by atoms with van der Waals surface area (Å²) in [4.78, 5) is 18.6. The molecule has 5 nitrogen and oxygen atoms in total. The van der Waals surface area contributed by atoms with Crippen LogP contribution in [-0.4, -0.2) is 32.2 Å². The van der Waals surface area contributed by atoms with Crippen molar-refractivity contribution >= 4 is 22.9 Å². The topological polar surface area (TPSA) is 58.8 Å². The monoisotopic (exact) mass is 219 g/mol. The number of nitrogens with one attached hydrogen (secondary N) is 1. The summed E-state index contributed by atoms with van der Waals surface area (Å²) in [6.45, 7) is 7.24. The molecule has 2 aromatic heterocycles. The average Bonchev–Trinajstić information content (AvgIpc) is 2.73. The maximum Gasteiger partial charge on any atom is 0.215 e. The van der Waals surface area contributed by atoms with Crippen molar-refractivity contribution in [3.8, 4) is 0 Å². The third kappa shape index (κ3) is 2.25. The van der Waals surface area contributed by atoms with Crippen molar-refractivity contribution in [2.45, 2.75) is 11.4 Å². The van der Waals surface area contributed by atoms with Crippen molar-refractivity contribution in [3.05, 3.63) is 24.1 Å². The lowest BCUT2D eigenvalue weighted by atomic mass is 10.5. The summed E-state index contributed by atoms with van der Waals surface area (Å²) in [7, 11) is 0. The maximum absolute atomic E-state index is 6.67. The molecule has 1 N–H and O–H groups in total. The molecule has 0 bridgehead atoms. The quantitative estimate of drug-likeness (QED) is 0.368. The van der Waals surface area contributed by atoms with Gasteiger partial charge in [-0.25, -0.2) is 21.5 Å². The van der Waals surface area contributed by atoms with E-state index in [1.807, 2.05) is 0 Å². The summed E-state index contributed by atoms with van der Waals surface area (Å²) >= 11 is 1.63. The van der Waals surface area contributed by atoms with E-state index in [0.29, 0.717) is 12.2 Å². The van der Waals surface area contributed by atoms with Gasteiger partial charge in [0, 0.05) is 12.2 Å². The molecule has 0 saturated heterocycles. The summed E-state index contributed by atoms with van der Waals surface area (Å²) in [6, 6.07) is 0. The van der Waals surface area contributed by atoms with E-state index < -0.39 is 0 Å². The highest BCUT2D eigenvalue weighted by molar-refractivity contribution is 7.99. The van der Waals surface area contributed by atoms with E-state index in [-0.39, 0.29) is 0 Å². The van der Waals surface area contributed by atoms with E-state index in [4.69, 9.17) is 6.57 Å². The lowest BCUT2D eigenvalue weighted by Crippen LogP contribution is -1.88. The predicted molar refractivity (Wildman–Crippen MR) is 58.5 cm³/mol. The molecule has 0 aromatic carbocycles. The Morgan fingerprint density at radius 3 is 3.20 bits per heavy atom. The Morgan fingerprint density at radius 1 is 1.40 bits per heavy atom. The number of fused-ring (bicyclic) bond motifs is 1. The molecule has 2 heterocycles. The van der Waals surface area contributed by atoms with Gasteiger partial charge in [0.1, 0.15) is 16.9 Å². The molecule has 0 unspecified atom stereocenters. The SMILES string of the molecule is [C-]#[N+]CCCSc1ncnc2nc[nH]c12. The Hall–Kier alpha value is -1.61. The summed E-state index contributed by atoms with van der Waals surface area (Å²) < 4.78 is 0. The molecule has 0 saturated carbocycles. The minimum absolute atomic E-state index is 0.574. The predicted octanol–water partition coefficient (Wildman–Crippen LogP) is 1.75. The average molecular weight is 219 g/mol. The zero-order chi connectivity index (χ0) is 10.5. The van der Waals surface area contributed by atoms with E-state index in [1.165, 1.54) is 6.33 Å². The van der Waals surface area contributed by atoms with Gasteiger partial charge >= 0.3 is 0 Å². The van der Waals surface area contributed by atoms with E-state index in [1.54, 1.807) is 18.1 Å². The number of H-pyrrole nitrogens is 1. The highest BCUT2D eigenvalue weighted by atomic mass is 32.2. The highest BCUT2D eigenvalue weighted by Crippen LogP contribution is 2.21. The first-order valence-corrected chi connectivity index (χ1v) is 5.50. The summed E-state index contributed by atoms with van der Waals surface area (Å²) in [5.41, 5.74) is 1.57. The van der Waals surface area contributed by atoms with Crippen LogP contribution < -0.4 is 0 Å². The molecule has 0 amide bonds. The Morgan fingerprint density at radius 2 is 2.33 bits per heavy atom. The molecule has 6 heteroatoms. The van der Waals surface area contributed by atoms with E-state index in [2.05, 4.69) is 24.8 Å². The van der Waals surface area contributed by atoms with Crippen molar-refractivity contribution in [2.75, 3.05) is 12.3 Å². The number of rotatable bonds is 4. The zero-order valence-electron chi connectivity index (χ0n) is 7.97. The Bertz CT molecular complexity index is 486. The number of aromatic amines is 1. The van der Waals surface area contributed by atoms with Crippen LogP contribution in [0.1, 0.15) is 6.42 Å². The molecule has 0 spiro atoms. The lowest BCUT2D eigenvalue weighted by Gasteiger charge is -1.98. The minimum Gasteiger partial charge on any atom is -0.341 e. The second-order valence-corrected chi connectivity index (χ2v) is 3.95. The number of nitrogens with zero attached hydrogens (tertiary/aromatic N) is 4. The highest BCUT2D eigenvalue weighted by Gasteiger charge is 2.05. The normalized spacial score (nSPS) is 10.3. The van der Waals surface area contributed by atoms with Crippen LogP contribution in [-0.2, 0) is 0 Å². The first-order valence-electron chi connectivity index (χ1n) is 4.52. The first kappa shape index (κ1) is 9.93. The van der Waals surface area contributed by atoms with Crippen LogP contribution in [0.5, 0.6) is 0 Å². The van der Waals surface area contributed by atoms with Crippen LogP contribution >= 0.6 is 11.8 Å². The van der Waals surface area contributed by atoms with Crippen molar-refractivity contribution in [3.63, 3.8) is 0 Å². The Kier molecular flexibility index (Phi) is 3.15. The molecule has 0 radical (unpaired) electrons. The van der Waals surface area contributed by atoms with E-state index >= 15 is 0 Å². The smallest absolute Gasteiger partial charge is 0.215 e. The Balaban J connectivity index is 2.08. The summed E-state index contributed by atoms with van der Waals surface area (Å²) in [6.07, 6.45) is 4.01. The summed E-state index contributed by atoms with van der Waals surface area (Å²) in [5, 5.41) is 0.905. The number of hydrogen-bond acceptors (Lipinski definition) is 4.